The number of nitriles is 1. The van der Waals surface area contributed by atoms with Gasteiger partial charge in [0, 0.05) is 35.2 Å². The van der Waals surface area contributed by atoms with Gasteiger partial charge < -0.3 is 5.73 Å². The Morgan fingerprint density at radius 3 is 2.71 bits per heavy atom. The SMILES string of the molecule is Cc1ccc(/C(N)=C(/C#N)c2cccnc2)cc1[N+](=O)[O-]. The van der Waals surface area contributed by atoms with Crippen LogP contribution in [0.15, 0.2) is 42.7 Å². The van der Waals surface area contributed by atoms with Gasteiger partial charge in [0.2, 0.25) is 0 Å². The molecular weight excluding hydrogens is 268 g/mol. The van der Waals surface area contributed by atoms with E-state index in [2.05, 4.69) is 4.98 Å². The fourth-order valence-electron chi connectivity index (χ4n) is 1.91. The summed E-state index contributed by atoms with van der Waals surface area (Å²) < 4.78 is 0. The molecule has 2 aromatic rings. The number of nitro groups is 1. The van der Waals surface area contributed by atoms with Gasteiger partial charge in [-0.25, -0.2) is 0 Å². The lowest BCUT2D eigenvalue weighted by Gasteiger charge is -2.07. The first-order valence-corrected chi connectivity index (χ1v) is 6.10. The number of nitrogens with zero attached hydrogens (tertiary/aromatic N) is 3. The number of pyridine rings is 1. The zero-order chi connectivity index (χ0) is 15.4. The average Bonchev–Trinajstić information content (AvgIpc) is 2.49. The minimum atomic E-state index is -0.470. The molecule has 104 valence electrons. The van der Waals surface area contributed by atoms with Gasteiger partial charge in [0.1, 0.15) is 6.07 Å². The number of hydrogen-bond donors (Lipinski definition) is 1. The Morgan fingerprint density at radius 1 is 1.38 bits per heavy atom. The summed E-state index contributed by atoms with van der Waals surface area (Å²) in [5.41, 5.74) is 7.95. The molecule has 0 unspecified atom stereocenters. The van der Waals surface area contributed by atoms with Gasteiger partial charge in [-0.1, -0.05) is 18.2 Å². The second-order valence-corrected chi connectivity index (χ2v) is 4.40. The summed E-state index contributed by atoms with van der Waals surface area (Å²) in [7, 11) is 0. The lowest BCUT2D eigenvalue weighted by molar-refractivity contribution is -0.385. The summed E-state index contributed by atoms with van der Waals surface area (Å²) in [6.45, 7) is 1.65. The van der Waals surface area contributed by atoms with Crippen molar-refractivity contribution in [1.82, 2.24) is 4.98 Å². The highest BCUT2D eigenvalue weighted by atomic mass is 16.6. The van der Waals surface area contributed by atoms with E-state index in [1.807, 2.05) is 6.07 Å². The molecule has 1 aromatic carbocycles. The Labute approximate surface area is 121 Å². The van der Waals surface area contributed by atoms with E-state index in [9.17, 15) is 15.4 Å². The topological polar surface area (TPSA) is 106 Å². The summed E-state index contributed by atoms with van der Waals surface area (Å²) in [4.78, 5) is 14.5. The van der Waals surface area contributed by atoms with E-state index in [0.29, 0.717) is 16.7 Å². The van der Waals surface area contributed by atoms with Crippen LogP contribution >= 0.6 is 0 Å². The van der Waals surface area contributed by atoms with Gasteiger partial charge in [0.25, 0.3) is 5.69 Å². The minimum absolute atomic E-state index is 0.0288. The number of aromatic nitrogens is 1. The van der Waals surface area contributed by atoms with E-state index in [0.717, 1.165) is 0 Å². The van der Waals surface area contributed by atoms with Crippen molar-refractivity contribution >= 4 is 17.0 Å². The van der Waals surface area contributed by atoms with Gasteiger partial charge in [0.05, 0.1) is 16.2 Å². The predicted octanol–water partition coefficient (Wildman–Crippen LogP) is 2.65. The molecule has 0 radical (unpaired) electrons. The largest absolute Gasteiger partial charge is 0.397 e. The number of rotatable bonds is 3. The Morgan fingerprint density at radius 2 is 2.14 bits per heavy atom. The van der Waals surface area contributed by atoms with Crippen LogP contribution in [-0.2, 0) is 0 Å². The van der Waals surface area contributed by atoms with Crippen molar-refractivity contribution in [3.05, 3.63) is 69.5 Å². The summed E-state index contributed by atoms with van der Waals surface area (Å²) in [6, 6.07) is 10.1. The van der Waals surface area contributed by atoms with Crippen LogP contribution in [0.4, 0.5) is 5.69 Å². The number of nitrogens with two attached hydrogens (primary N) is 1. The van der Waals surface area contributed by atoms with Crippen molar-refractivity contribution < 1.29 is 4.92 Å². The van der Waals surface area contributed by atoms with Crippen LogP contribution in [0.25, 0.3) is 11.3 Å². The Balaban J connectivity index is 2.59. The smallest absolute Gasteiger partial charge is 0.272 e. The second kappa shape index (κ2) is 5.84. The zero-order valence-corrected chi connectivity index (χ0v) is 11.3. The van der Waals surface area contributed by atoms with Crippen LogP contribution in [0, 0.1) is 28.4 Å². The molecule has 0 spiro atoms. The van der Waals surface area contributed by atoms with Crippen molar-refractivity contribution in [1.29, 1.82) is 5.26 Å². The van der Waals surface area contributed by atoms with E-state index in [1.54, 1.807) is 37.4 Å². The molecule has 2 N–H and O–H groups in total. The highest BCUT2D eigenvalue weighted by Gasteiger charge is 2.15. The van der Waals surface area contributed by atoms with Gasteiger partial charge in [0.15, 0.2) is 0 Å². The Hall–Kier alpha value is -3.20. The molecule has 0 atom stereocenters. The quantitative estimate of drug-likeness (QED) is 0.528. The third-order valence-corrected chi connectivity index (χ3v) is 3.05. The molecule has 6 heteroatoms. The fraction of sp³-hybridized carbons (Fsp3) is 0.0667. The van der Waals surface area contributed by atoms with Crippen LogP contribution in [0.1, 0.15) is 16.7 Å². The van der Waals surface area contributed by atoms with Crippen LogP contribution in [0.2, 0.25) is 0 Å². The van der Waals surface area contributed by atoms with Crippen LogP contribution in [0.3, 0.4) is 0 Å². The molecule has 2 rings (SSSR count). The number of nitro benzene ring substituents is 1. The molecule has 0 bridgehead atoms. The van der Waals surface area contributed by atoms with E-state index in [-0.39, 0.29) is 17.0 Å². The first-order valence-electron chi connectivity index (χ1n) is 6.10. The normalized spacial score (nSPS) is 11.4. The maximum Gasteiger partial charge on any atom is 0.272 e. The monoisotopic (exact) mass is 280 g/mol. The molecule has 0 saturated carbocycles. The Kier molecular flexibility index (Phi) is 3.95. The molecule has 21 heavy (non-hydrogen) atoms. The average molecular weight is 280 g/mol. The van der Waals surface area contributed by atoms with Gasteiger partial charge in [-0.3, -0.25) is 15.1 Å². The third-order valence-electron chi connectivity index (χ3n) is 3.05. The predicted molar refractivity (Wildman–Crippen MR) is 78.7 cm³/mol. The molecule has 6 nitrogen and oxygen atoms in total. The van der Waals surface area contributed by atoms with Gasteiger partial charge in [-0.15, -0.1) is 0 Å². The number of aryl methyl sites for hydroxylation is 1. The van der Waals surface area contributed by atoms with E-state index in [4.69, 9.17) is 5.73 Å². The number of benzene rings is 1. The molecule has 0 aliphatic heterocycles. The Bertz CT molecular complexity index is 761. The van der Waals surface area contributed by atoms with Gasteiger partial charge in [-0.05, 0) is 13.0 Å². The highest BCUT2D eigenvalue weighted by molar-refractivity contribution is 5.96. The highest BCUT2D eigenvalue weighted by Crippen LogP contribution is 2.26. The van der Waals surface area contributed by atoms with E-state index in [1.165, 1.54) is 12.3 Å². The summed E-state index contributed by atoms with van der Waals surface area (Å²) in [5, 5.41) is 20.3. The molecule has 0 fully saturated rings. The third kappa shape index (κ3) is 2.87. The molecule has 0 saturated heterocycles. The second-order valence-electron chi connectivity index (χ2n) is 4.40. The molecule has 0 aliphatic carbocycles. The van der Waals surface area contributed by atoms with Crippen LogP contribution in [-0.4, -0.2) is 9.91 Å². The summed E-state index contributed by atoms with van der Waals surface area (Å²) in [5.74, 6) is 0. The van der Waals surface area contributed by atoms with Gasteiger partial charge in [-0.2, -0.15) is 5.26 Å². The summed E-state index contributed by atoms with van der Waals surface area (Å²) >= 11 is 0. The molecular formula is C15H12N4O2. The summed E-state index contributed by atoms with van der Waals surface area (Å²) in [6.07, 6.45) is 3.11. The molecule has 1 aromatic heterocycles. The zero-order valence-electron chi connectivity index (χ0n) is 11.3. The van der Waals surface area contributed by atoms with Crippen molar-refractivity contribution in [2.24, 2.45) is 5.73 Å². The minimum Gasteiger partial charge on any atom is -0.397 e. The lowest BCUT2D eigenvalue weighted by atomic mass is 10.0. The number of hydrogen-bond acceptors (Lipinski definition) is 5. The lowest BCUT2D eigenvalue weighted by Crippen LogP contribution is -2.02. The molecule has 1 heterocycles. The molecule has 0 aliphatic rings. The van der Waals surface area contributed by atoms with E-state index < -0.39 is 4.92 Å². The fourth-order valence-corrected chi connectivity index (χ4v) is 1.91. The first-order chi connectivity index (χ1) is 10.0. The maximum absolute atomic E-state index is 11.0. The number of allylic oxidation sites excluding steroid dienone is 1. The van der Waals surface area contributed by atoms with Crippen molar-refractivity contribution in [3.63, 3.8) is 0 Å². The maximum atomic E-state index is 11.0. The standard InChI is InChI=1S/C15H12N4O2/c1-10-4-5-11(7-14(10)19(20)21)15(17)13(8-16)12-3-2-6-18-9-12/h2-7,9H,17H2,1H3/b15-13+. The van der Waals surface area contributed by atoms with Crippen LogP contribution in [0.5, 0.6) is 0 Å². The van der Waals surface area contributed by atoms with Crippen molar-refractivity contribution in [2.45, 2.75) is 6.92 Å². The van der Waals surface area contributed by atoms with Gasteiger partial charge >= 0.3 is 0 Å². The van der Waals surface area contributed by atoms with Crippen molar-refractivity contribution in [3.8, 4) is 6.07 Å². The first kappa shape index (κ1) is 14.2. The van der Waals surface area contributed by atoms with Crippen molar-refractivity contribution in [2.75, 3.05) is 0 Å². The van der Waals surface area contributed by atoms with Crippen LogP contribution < -0.4 is 5.73 Å². The molecule has 0 amide bonds. The van der Waals surface area contributed by atoms with E-state index >= 15 is 0 Å².